The molecule has 6 heteroatoms. The molecule has 23 heavy (non-hydrogen) atoms. The van der Waals surface area contributed by atoms with Crippen LogP contribution in [-0.2, 0) is 14.3 Å². The molecule has 5 nitrogen and oxygen atoms in total. The van der Waals surface area contributed by atoms with Crippen LogP contribution in [0.25, 0.3) is 0 Å². The van der Waals surface area contributed by atoms with Crippen molar-refractivity contribution in [1.82, 2.24) is 4.90 Å². The Bertz CT molecular complexity index is 521. The Morgan fingerprint density at radius 3 is 2.35 bits per heavy atom. The van der Waals surface area contributed by atoms with Gasteiger partial charge in [-0.25, -0.2) is 9.59 Å². The Hall–Kier alpha value is -1.23. The second kappa shape index (κ2) is 6.00. The van der Waals surface area contributed by atoms with E-state index in [0.717, 1.165) is 12.8 Å². The monoisotopic (exact) mass is 343 g/mol. The molecule has 0 N–H and O–H groups in total. The zero-order valence-electron chi connectivity index (χ0n) is 14.4. The normalized spacial score (nSPS) is 25.3. The van der Waals surface area contributed by atoms with Crippen LogP contribution in [0.3, 0.4) is 0 Å². The summed E-state index contributed by atoms with van der Waals surface area (Å²) in [6.45, 7) is 9.87. The average Bonchev–Trinajstić information content (AvgIpc) is 3.11. The number of carbonyl (C=O) groups excluding carboxylic acids is 2. The molecule has 1 heterocycles. The van der Waals surface area contributed by atoms with Crippen molar-refractivity contribution >= 4 is 23.7 Å². The van der Waals surface area contributed by atoms with Crippen molar-refractivity contribution in [1.29, 1.82) is 0 Å². The van der Waals surface area contributed by atoms with E-state index in [1.165, 1.54) is 7.11 Å². The van der Waals surface area contributed by atoms with Crippen molar-refractivity contribution in [2.45, 2.75) is 57.6 Å². The Morgan fingerprint density at radius 2 is 1.91 bits per heavy atom. The van der Waals surface area contributed by atoms with E-state index in [4.69, 9.17) is 21.1 Å². The summed E-state index contributed by atoms with van der Waals surface area (Å²) in [5, 5.41) is 0. The van der Waals surface area contributed by atoms with Crippen LogP contribution in [0.1, 0.15) is 46.5 Å². The Labute approximate surface area is 142 Å². The highest BCUT2D eigenvalue weighted by atomic mass is 35.5. The fraction of sp³-hybridized carbons (Fsp3) is 0.765. The number of esters is 1. The minimum atomic E-state index is -1.06. The lowest BCUT2D eigenvalue weighted by atomic mass is 9.85. The third-order valence-electron chi connectivity index (χ3n) is 4.55. The Morgan fingerprint density at radius 1 is 1.30 bits per heavy atom. The molecule has 0 radical (unpaired) electrons. The topological polar surface area (TPSA) is 55.8 Å². The van der Waals surface area contributed by atoms with E-state index in [2.05, 4.69) is 6.58 Å². The number of hydrogen-bond acceptors (Lipinski definition) is 4. The van der Waals surface area contributed by atoms with Gasteiger partial charge in [-0.15, -0.1) is 11.6 Å². The molecule has 0 aromatic rings. The second-order valence-electron chi connectivity index (χ2n) is 7.83. The summed E-state index contributed by atoms with van der Waals surface area (Å²) in [6.07, 6.45) is 2.44. The third kappa shape index (κ3) is 3.65. The summed E-state index contributed by atoms with van der Waals surface area (Å²) < 4.78 is 10.6. The number of hydrogen-bond donors (Lipinski definition) is 0. The van der Waals surface area contributed by atoms with Gasteiger partial charge in [0.2, 0.25) is 0 Å². The fourth-order valence-corrected chi connectivity index (χ4v) is 3.48. The molecular formula is C17H26ClNO4. The van der Waals surface area contributed by atoms with Gasteiger partial charge in [-0.05, 0) is 45.4 Å². The first-order valence-electron chi connectivity index (χ1n) is 7.89. The molecule has 1 saturated heterocycles. The number of likely N-dealkylation sites (tertiary alicyclic amines) is 1. The maximum Gasteiger partial charge on any atom is 0.411 e. The van der Waals surface area contributed by atoms with Gasteiger partial charge in [0.1, 0.15) is 11.1 Å². The zero-order valence-corrected chi connectivity index (χ0v) is 15.2. The first-order chi connectivity index (χ1) is 10.6. The number of methoxy groups -OCH3 is 1. The van der Waals surface area contributed by atoms with Crippen LogP contribution < -0.4 is 0 Å². The predicted molar refractivity (Wildman–Crippen MR) is 88.4 cm³/mol. The van der Waals surface area contributed by atoms with Crippen molar-refractivity contribution in [2.24, 2.45) is 5.41 Å². The average molecular weight is 344 g/mol. The standard InChI is InChI=1S/C17H26ClNO4/c1-12(9-18)8-17(13(20)22-5)10-16(6-7-16)11-19(17)14(21)23-15(2,3)4/h1,6-11H2,2-5H3/t17-/m0/s1. The number of ether oxygens (including phenoxy) is 2. The molecule has 1 amide bonds. The van der Waals surface area contributed by atoms with Crippen LogP contribution in [0, 0.1) is 5.41 Å². The first-order valence-corrected chi connectivity index (χ1v) is 8.43. The molecule has 2 rings (SSSR count). The summed E-state index contributed by atoms with van der Waals surface area (Å²) in [5.74, 6) is -0.174. The van der Waals surface area contributed by atoms with Crippen molar-refractivity contribution in [3.8, 4) is 0 Å². The number of alkyl halides is 1. The summed E-state index contributed by atoms with van der Waals surface area (Å²) in [4.78, 5) is 26.9. The van der Waals surface area contributed by atoms with E-state index in [9.17, 15) is 9.59 Å². The molecule has 130 valence electrons. The highest BCUT2D eigenvalue weighted by Crippen LogP contribution is 2.59. The number of rotatable bonds is 4. The van der Waals surface area contributed by atoms with Crippen molar-refractivity contribution in [3.05, 3.63) is 12.2 Å². The Kier molecular flexibility index (Phi) is 4.73. The van der Waals surface area contributed by atoms with Crippen LogP contribution in [0.5, 0.6) is 0 Å². The van der Waals surface area contributed by atoms with E-state index in [1.54, 1.807) is 4.90 Å². The Balaban J connectivity index is 2.36. The van der Waals surface area contributed by atoms with E-state index < -0.39 is 23.2 Å². The number of halogens is 1. The highest BCUT2D eigenvalue weighted by molar-refractivity contribution is 6.19. The lowest BCUT2D eigenvalue weighted by Crippen LogP contribution is -2.55. The fourth-order valence-electron chi connectivity index (χ4n) is 3.39. The maximum atomic E-state index is 12.7. The SMILES string of the molecule is C=C(CCl)C[C@@]1(C(=O)OC)CC2(CC2)CN1C(=O)OC(C)(C)C. The van der Waals surface area contributed by atoms with Crippen molar-refractivity contribution < 1.29 is 19.1 Å². The van der Waals surface area contributed by atoms with Gasteiger partial charge in [0.15, 0.2) is 0 Å². The molecule has 1 atom stereocenters. The van der Waals surface area contributed by atoms with Gasteiger partial charge in [-0.3, -0.25) is 4.90 Å². The van der Waals surface area contributed by atoms with E-state index in [-0.39, 0.29) is 11.3 Å². The molecule has 0 bridgehead atoms. The van der Waals surface area contributed by atoms with Crippen LogP contribution >= 0.6 is 11.6 Å². The van der Waals surface area contributed by atoms with E-state index in [1.807, 2.05) is 20.8 Å². The maximum absolute atomic E-state index is 12.7. The van der Waals surface area contributed by atoms with Gasteiger partial charge < -0.3 is 9.47 Å². The summed E-state index contributed by atoms with van der Waals surface area (Å²) >= 11 is 5.87. The smallest absolute Gasteiger partial charge is 0.411 e. The molecule has 0 aromatic heterocycles. The number of carbonyl (C=O) groups is 2. The first kappa shape index (κ1) is 18.1. The third-order valence-corrected chi connectivity index (χ3v) is 4.92. The van der Waals surface area contributed by atoms with Crippen LogP contribution in [0.15, 0.2) is 12.2 Å². The summed E-state index contributed by atoms with van der Waals surface area (Å²) in [6, 6.07) is 0. The largest absolute Gasteiger partial charge is 0.467 e. The highest BCUT2D eigenvalue weighted by Gasteiger charge is 2.64. The molecule has 1 aliphatic heterocycles. The zero-order chi connectivity index (χ0) is 17.5. The quantitative estimate of drug-likeness (QED) is 0.445. The molecular weight excluding hydrogens is 318 g/mol. The number of amides is 1. The predicted octanol–water partition coefficient (Wildman–Crippen LogP) is 3.50. The molecule has 0 unspecified atom stereocenters. The van der Waals surface area contributed by atoms with Gasteiger partial charge >= 0.3 is 12.1 Å². The minimum absolute atomic E-state index is 0.0116. The molecule has 1 saturated carbocycles. The van der Waals surface area contributed by atoms with Gasteiger partial charge in [-0.2, -0.15) is 0 Å². The van der Waals surface area contributed by atoms with Crippen LogP contribution in [0.2, 0.25) is 0 Å². The lowest BCUT2D eigenvalue weighted by molar-refractivity contribution is -0.153. The molecule has 1 spiro atoms. The molecule has 2 aliphatic rings. The number of nitrogens with zero attached hydrogens (tertiary/aromatic N) is 1. The molecule has 2 fully saturated rings. The lowest BCUT2D eigenvalue weighted by Gasteiger charge is -2.37. The van der Waals surface area contributed by atoms with Crippen LogP contribution in [0.4, 0.5) is 4.79 Å². The van der Waals surface area contributed by atoms with E-state index >= 15 is 0 Å². The van der Waals surface area contributed by atoms with Crippen molar-refractivity contribution in [3.63, 3.8) is 0 Å². The summed E-state index contributed by atoms with van der Waals surface area (Å²) in [7, 11) is 1.35. The van der Waals surface area contributed by atoms with E-state index in [0.29, 0.717) is 25.0 Å². The molecule has 1 aliphatic carbocycles. The summed E-state index contributed by atoms with van der Waals surface area (Å²) in [5.41, 5.74) is -0.956. The van der Waals surface area contributed by atoms with Gasteiger partial charge in [0, 0.05) is 18.8 Å². The van der Waals surface area contributed by atoms with Gasteiger partial charge in [-0.1, -0.05) is 12.2 Å². The van der Waals surface area contributed by atoms with Crippen LogP contribution in [-0.4, -0.2) is 47.6 Å². The second-order valence-corrected chi connectivity index (χ2v) is 8.09. The minimum Gasteiger partial charge on any atom is -0.467 e. The molecule has 0 aromatic carbocycles. The van der Waals surface area contributed by atoms with Gasteiger partial charge in [0.25, 0.3) is 0 Å². The van der Waals surface area contributed by atoms with Crippen molar-refractivity contribution in [2.75, 3.05) is 19.5 Å². The van der Waals surface area contributed by atoms with Gasteiger partial charge in [0.05, 0.1) is 7.11 Å².